The zero-order chi connectivity index (χ0) is 24.8. The summed E-state index contributed by atoms with van der Waals surface area (Å²) in [7, 11) is -3.47. The van der Waals surface area contributed by atoms with Crippen LogP contribution >= 0.6 is 7.94 Å². The molecule has 2 aliphatic rings. The van der Waals surface area contributed by atoms with Crippen molar-refractivity contribution in [2.75, 3.05) is 32.3 Å². The van der Waals surface area contributed by atoms with Crippen LogP contribution in [-0.2, 0) is 13.1 Å². The van der Waals surface area contributed by atoms with Crippen molar-refractivity contribution in [1.82, 2.24) is 9.80 Å². The van der Waals surface area contributed by atoms with Crippen LogP contribution in [0.5, 0.6) is 23.0 Å². The Kier molecular flexibility index (Phi) is 7.03. The lowest BCUT2D eigenvalue weighted by Crippen LogP contribution is -2.36. The topological polar surface area (TPSA) is 88.5 Å². The van der Waals surface area contributed by atoms with Gasteiger partial charge in [0.05, 0.1) is 5.92 Å². The molecule has 0 aromatic heterocycles. The maximum Gasteiger partial charge on any atom is 0.333 e. The minimum absolute atomic E-state index is 0.183. The van der Waals surface area contributed by atoms with Crippen LogP contribution in [0.25, 0.3) is 0 Å². The van der Waals surface area contributed by atoms with Gasteiger partial charge in [-0.15, -0.1) is 0 Å². The van der Waals surface area contributed by atoms with E-state index in [4.69, 9.17) is 9.05 Å². The second-order valence-corrected chi connectivity index (χ2v) is 11.3. The zero-order valence-corrected chi connectivity index (χ0v) is 22.0. The molecule has 0 aliphatic carbocycles. The molecule has 2 N–H and O–H groups in total. The number of nitrogens with zero attached hydrogens (tertiary/aromatic N) is 2. The molecule has 2 bridgehead atoms. The van der Waals surface area contributed by atoms with E-state index in [2.05, 4.69) is 37.5 Å². The lowest BCUT2D eigenvalue weighted by molar-refractivity contribution is -0.204. The largest absolute Gasteiger partial charge is 0.617 e. The second kappa shape index (κ2) is 9.54. The van der Waals surface area contributed by atoms with Gasteiger partial charge in [-0.2, -0.15) is 0 Å². The van der Waals surface area contributed by atoms with Gasteiger partial charge in [0.15, 0.2) is 11.5 Å². The van der Waals surface area contributed by atoms with Crippen LogP contribution < -0.4 is 13.9 Å². The van der Waals surface area contributed by atoms with Gasteiger partial charge in [0.1, 0.15) is 17.7 Å². The first-order valence-electron chi connectivity index (χ1n) is 12.3. The number of rotatable bonds is 8. The molecule has 0 radical (unpaired) electrons. The summed E-state index contributed by atoms with van der Waals surface area (Å²) in [6.07, 6.45) is 0.247. The summed E-state index contributed by atoms with van der Waals surface area (Å²) in [5.74, 6) is 1.09. The number of phenolic OH excluding ortho intramolecular Hbond substituents is 2. The van der Waals surface area contributed by atoms with Crippen LogP contribution in [-0.4, -0.2) is 52.4 Å². The van der Waals surface area contributed by atoms with Crippen molar-refractivity contribution in [3.8, 4) is 23.0 Å². The second-order valence-electron chi connectivity index (χ2n) is 9.31. The normalized spacial score (nSPS) is 20.7. The standard InChI is InChI=1S/C26H37N2O5P/c1-7-27(8-2)13-18-11-20-22-15-34(31,32-25(20)16(5)23(18)29)33-26-17(6)24(30)19(12-21(22)26)14-28(9-3)10-4/h11-12,22,29-30H,7-10,13-15H2,1-6H3. The Morgan fingerprint density at radius 2 is 1.21 bits per heavy atom. The molecule has 0 unspecified atom stereocenters. The number of phenols is 2. The van der Waals surface area contributed by atoms with E-state index < -0.39 is 7.94 Å². The van der Waals surface area contributed by atoms with Gasteiger partial charge in [0, 0.05) is 46.5 Å². The molecule has 4 rings (SSSR count). The average Bonchev–Trinajstić information content (AvgIpc) is 2.83. The van der Waals surface area contributed by atoms with E-state index in [1.54, 1.807) is 0 Å². The molecule has 0 saturated heterocycles. The first-order chi connectivity index (χ1) is 16.2. The number of fused-ring (bicyclic) bond motifs is 6. The highest BCUT2D eigenvalue weighted by Gasteiger charge is 2.51. The lowest BCUT2D eigenvalue weighted by Gasteiger charge is -2.42. The van der Waals surface area contributed by atoms with Gasteiger partial charge in [0.2, 0.25) is 0 Å². The Balaban J connectivity index is 1.87. The SMILES string of the molecule is CCN(CC)Cc1cc2c(c(C)c1O)O[P+]1([O-])CC2c2cc(CN(CC)CC)c(O)c(C)c2O1. The first-order valence-corrected chi connectivity index (χ1v) is 14.0. The van der Waals surface area contributed by atoms with Crippen LogP contribution in [0.15, 0.2) is 12.1 Å². The Bertz CT molecular complexity index is 1000. The lowest BCUT2D eigenvalue weighted by atomic mass is 9.86. The number of benzene rings is 2. The molecule has 8 heteroatoms. The molecule has 34 heavy (non-hydrogen) atoms. The van der Waals surface area contributed by atoms with Gasteiger partial charge >= 0.3 is 7.94 Å². The molecular formula is C26H37N2O5P. The fraction of sp³-hybridized carbons (Fsp3) is 0.538. The minimum atomic E-state index is -3.47. The van der Waals surface area contributed by atoms with Crippen molar-refractivity contribution < 1.29 is 24.2 Å². The summed E-state index contributed by atoms with van der Waals surface area (Å²) in [5, 5.41) is 21.9. The van der Waals surface area contributed by atoms with E-state index in [1.165, 1.54) is 0 Å². The number of hydrogen-bond acceptors (Lipinski definition) is 7. The first kappa shape index (κ1) is 25.1. The fourth-order valence-corrected chi connectivity index (χ4v) is 7.18. The molecule has 2 aliphatic heterocycles. The Labute approximate surface area is 203 Å². The Morgan fingerprint density at radius 3 is 1.56 bits per heavy atom. The highest BCUT2D eigenvalue weighted by Crippen LogP contribution is 2.67. The van der Waals surface area contributed by atoms with Crippen LogP contribution in [0.2, 0.25) is 0 Å². The third-order valence-corrected chi connectivity index (χ3v) is 9.11. The smallest absolute Gasteiger partial charge is 0.333 e. The van der Waals surface area contributed by atoms with Gasteiger partial charge in [0.25, 0.3) is 0 Å². The van der Waals surface area contributed by atoms with E-state index in [0.717, 1.165) is 48.4 Å². The molecule has 0 saturated carbocycles. The third-order valence-electron chi connectivity index (χ3n) is 7.38. The number of aromatic hydroxyl groups is 2. The summed E-state index contributed by atoms with van der Waals surface area (Å²) < 4.78 is 11.9. The summed E-state index contributed by atoms with van der Waals surface area (Å²) in [5.41, 5.74) is 4.71. The van der Waals surface area contributed by atoms with Crippen molar-refractivity contribution in [3.05, 3.63) is 45.5 Å². The van der Waals surface area contributed by atoms with Crippen LogP contribution in [0.3, 0.4) is 0 Å². The summed E-state index contributed by atoms with van der Waals surface area (Å²) >= 11 is 0. The molecule has 2 aromatic carbocycles. The van der Waals surface area contributed by atoms with Crippen molar-refractivity contribution in [2.45, 2.75) is 60.5 Å². The van der Waals surface area contributed by atoms with Crippen molar-refractivity contribution >= 4 is 7.94 Å². The van der Waals surface area contributed by atoms with E-state index in [1.807, 2.05) is 26.0 Å². The summed E-state index contributed by atoms with van der Waals surface area (Å²) in [6, 6.07) is 4.01. The predicted octanol–water partition coefficient (Wildman–Crippen LogP) is 4.44. The van der Waals surface area contributed by atoms with E-state index in [0.29, 0.717) is 35.7 Å². The maximum atomic E-state index is 13.6. The molecule has 0 atom stereocenters. The van der Waals surface area contributed by atoms with E-state index in [-0.39, 0.29) is 23.6 Å². The van der Waals surface area contributed by atoms with Gasteiger partial charge in [-0.05, 0) is 52.2 Å². The molecule has 186 valence electrons. The van der Waals surface area contributed by atoms with Gasteiger partial charge < -0.3 is 24.2 Å². The molecular weight excluding hydrogens is 451 g/mol. The number of hydrogen-bond donors (Lipinski definition) is 2. The average molecular weight is 489 g/mol. The van der Waals surface area contributed by atoms with Gasteiger partial charge in [-0.25, -0.2) is 0 Å². The molecule has 2 aromatic rings. The highest BCUT2D eigenvalue weighted by molar-refractivity contribution is 7.60. The minimum Gasteiger partial charge on any atom is -0.617 e. The fourth-order valence-electron chi connectivity index (χ4n) is 5.11. The van der Waals surface area contributed by atoms with Crippen LogP contribution in [0, 0.1) is 13.8 Å². The van der Waals surface area contributed by atoms with Crippen molar-refractivity contribution in [3.63, 3.8) is 0 Å². The monoisotopic (exact) mass is 488 g/mol. The van der Waals surface area contributed by atoms with Crippen LogP contribution in [0.1, 0.15) is 67.0 Å². The third kappa shape index (κ3) is 4.24. The van der Waals surface area contributed by atoms with Crippen molar-refractivity contribution in [1.29, 1.82) is 0 Å². The Morgan fingerprint density at radius 1 is 0.824 bits per heavy atom. The summed E-state index contributed by atoms with van der Waals surface area (Å²) in [6.45, 7) is 16.8. The van der Waals surface area contributed by atoms with Crippen LogP contribution in [0.4, 0.5) is 0 Å². The van der Waals surface area contributed by atoms with E-state index in [9.17, 15) is 15.1 Å². The zero-order valence-electron chi connectivity index (χ0n) is 21.1. The van der Waals surface area contributed by atoms with Gasteiger partial charge in [-0.1, -0.05) is 27.7 Å². The highest BCUT2D eigenvalue weighted by atomic mass is 31.2. The molecule has 7 nitrogen and oxygen atoms in total. The molecule has 2 heterocycles. The predicted molar refractivity (Wildman–Crippen MR) is 134 cm³/mol. The molecule has 0 amide bonds. The molecule has 0 fully saturated rings. The summed E-state index contributed by atoms with van der Waals surface area (Å²) in [4.78, 5) is 18.1. The van der Waals surface area contributed by atoms with Crippen molar-refractivity contribution in [2.24, 2.45) is 0 Å². The molecule has 0 spiro atoms. The van der Waals surface area contributed by atoms with E-state index >= 15 is 0 Å². The quantitative estimate of drug-likeness (QED) is 0.531. The maximum absolute atomic E-state index is 13.6. The Hall–Kier alpha value is -2.05. The van der Waals surface area contributed by atoms with Gasteiger partial charge in [-0.3, -0.25) is 9.80 Å².